The van der Waals surface area contributed by atoms with E-state index in [1.165, 1.54) is 0 Å². The van der Waals surface area contributed by atoms with Crippen LogP contribution in [-0.4, -0.2) is 22.9 Å². The number of furan rings is 1. The fourth-order valence-electron chi connectivity index (χ4n) is 3.06. The van der Waals surface area contributed by atoms with Gasteiger partial charge in [0.05, 0.1) is 12.7 Å². The van der Waals surface area contributed by atoms with Crippen LogP contribution in [0.15, 0.2) is 83.5 Å². The summed E-state index contributed by atoms with van der Waals surface area (Å²) in [6.07, 6.45) is 1.33. The van der Waals surface area contributed by atoms with E-state index in [2.05, 4.69) is 0 Å². The highest BCUT2D eigenvalue weighted by molar-refractivity contribution is 5.83. The number of carbonyl (C=O) groups excluding carboxylic acids is 2. The van der Waals surface area contributed by atoms with Gasteiger partial charge in [-0.05, 0) is 30.2 Å². The molecule has 0 spiro atoms. The van der Waals surface area contributed by atoms with Crippen LogP contribution >= 0.6 is 0 Å². The molecular formula is C24H25NO4. The fourth-order valence-corrected chi connectivity index (χ4v) is 3.06. The Balaban J connectivity index is 1.63. The number of nitrogens with zero attached hydrogens (tertiary/aromatic N) is 1. The monoisotopic (exact) mass is 391 g/mol. The van der Waals surface area contributed by atoms with Crippen molar-refractivity contribution in [3.8, 4) is 0 Å². The fraction of sp³-hybridized carbons (Fsp3) is 0.250. The number of hydrogen-bond acceptors (Lipinski definition) is 4. The van der Waals surface area contributed by atoms with Crippen LogP contribution in [0.25, 0.3) is 0 Å². The summed E-state index contributed by atoms with van der Waals surface area (Å²) in [5.41, 5.74) is 2.04. The Bertz CT molecular complexity index is 850. The number of esters is 1. The Hall–Kier alpha value is -3.34. The Labute approximate surface area is 170 Å². The first-order chi connectivity index (χ1) is 14.1. The Kier molecular flexibility index (Phi) is 7.22. The van der Waals surface area contributed by atoms with E-state index in [0.29, 0.717) is 19.5 Å². The molecule has 0 fully saturated rings. The van der Waals surface area contributed by atoms with Crippen molar-refractivity contribution in [2.24, 2.45) is 0 Å². The first kappa shape index (κ1) is 20.4. The van der Waals surface area contributed by atoms with Gasteiger partial charge in [0, 0.05) is 19.5 Å². The highest BCUT2D eigenvalue weighted by Crippen LogP contribution is 2.13. The molecule has 0 N–H and O–H groups in total. The molecule has 0 aliphatic rings. The van der Waals surface area contributed by atoms with Crippen molar-refractivity contribution in [1.29, 1.82) is 0 Å². The van der Waals surface area contributed by atoms with Gasteiger partial charge in [0.1, 0.15) is 5.76 Å². The molecule has 0 radical (unpaired) electrons. The quantitative estimate of drug-likeness (QED) is 0.508. The number of benzene rings is 2. The van der Waals surface area contributed by atoms with E-state index in [0.717, 1.165) is 16.9 Å². The number of hydrogen-bond donors (Lipinski definition) is 0. The first-order valence-corrected chi connectivity index (χ1v) is 9.70. The zero-order chi connectivity index (χ0) is 20.5. The zero-order valence-corrected chi connectivity index (χ0v) is 16.5. The van der Waals surface area contributed by atoms with Gasteiger partial charge in [0.25, 0.3) is 5.91 Å². The molecule has 3 rings (SSSR count). The molecule has 1 amide bonds. The molecule has 1 heterocycles. The van der Waals surface area contributed by atoms with Crippen molar-refractivity contribution in [2.75, 3.05) is 0 Å². The lowest BCUT2D eigenvalue weighted by Gasteiger charge is -2.26. The molecule has 0 bridgehead atoms. The van der Waals surface area contributed by atoms with E-state index in [-0.39, 0.29) is 12.3 Å². The summed E-state index contributed by atoms with van der Waals surface area (Å²) in [7, 11) is 0. The van der Waals surface area contributed by atoms with Crippen LogP contribution in [0.4, 0.5) is 0 Å². The molecule has 0 saturated heterocycles. The van der Waals surface area contributed by atoms with Crippen molar-refractivity contribution in [3.63, 3.8) is 0 Å². The average molecular weight is 391 g/mol. The van der Waals surface area contributed by atoms with E-state index in [1.54, 1.807) is 24.2 Å². The van der Waals surface area contributed by atoms with E-state index in [1.807, 2.05) is 66.7 Å². The van der Waals surface area contributed by atoms with Crippen molar-refractivity contribution >= 4 is 11.9 Å². The van der Waals surface area contributed by atoms with E-state index < -0.39 is 12.1 Å². The third-order valence-electron chi connectivity index (χ3n) is 4.56. The molecular weight excluding hydrogens is 366 g/mol. The third kappa shape index (κ3) is 6.35. The van der Waals surface area contributed by atoms with Crippen LogP contribution in [0, 0.1) is 0 Å². The minimum absolute atomic E-state index is 0.169. The molecule has 150 valence electrons. The van der Waals surface area contributed by atoms with Gasteiger partial charge in [-0.1, -0.05) is 60.7 Å². The molecule has 5 nitrogen and oxygen atoms in total. The van der Waals surface area contributed by atoms with E-state index in [4.69, 9.17) is 9.15 Å². The van der Waals surface area contributed by atoms with Crippen molar-refractivity contribution < 1.29 is 18.7 Å². The largest absolute Gasteiger partial charge is 0.469 e. The predicted molar refractivity (Wildman–Crippen MR) is 110 cm³/mol. The van der Waals surface area contributed by atoms with Crippen LogP contribution < -0.4 is 0 Å². The van der Waals surface area contributed by atoms with E-state index >= 15 is 0 Å². The standard InChI is InChI=1S/C24H25NO4/c1-19(29-23(26)15-14-22-13-8-16-28-22)24(27)25(17-20-9-4-2-5-10-20)18-21-11-6-3-7-12-21/h2-13,16,19H,14-15,17-18H2,1H3. The minimum Gasteiger partial charge on any atom is -0.469 e. The molecule has 3 aromatic rings. The average Bonchev–Trinajstić information content (AvgIpc) is 3.26. The maximum atomic E-state index is 13.1. The molecule has 2 aromatic carbocycles. The van der Waals surface area contributed by atoms with Gasteiger partial charge < -0.3 is 14.1 Å². The Morgan fingerprint density at radius 2 is 1.48 bits per heavy atom. The molecule has 1 atom stereocenters. The van der Waals surface area contributed by atoms with Gasteiger partial charge in [-0.2, -0.15) is 0 Å². The molecule has 5 heteroatoms. The van der Waals surface area contributed by atoms with Gasteiger partial charge in [-0.3, -0.25) is 9.59 Å². The van der Waals surface area contributed by atoms with Crippen LogP contribution in [0.3, 0.4) is 0 Å². The number of amides is 1. The van der Waals surface area contributed by atoms with Crippen LogP contribution in [0.2, 0.25) is 0 Å². The highest BCUT2D eigenvalue weighted by atomic mass is 16.5. The lowest BCUT2D eigenvalue weighted by atomic mass is 10.1. The molecule has 0 saturated carbocycles. The van der Waals surface area contributed by atoms with Gasteiger partial charge in [0.15, 0.2) is 6.10 Å². The summed E-state index contributed by atoms with van der Waals surface area (Å²) in [6, 6.07) is 23.1. The third-order valence-corrected chi connectivity index (χ3v) is 4.56. The second-order valence-electron chi connectivity index (χ2n) is 6.88. The van der Waals surface area contributed by atoms with Crippen LogP contribution in [0.1, 0.15) is 30.2 Å². The number of ether oxygens (including phenoxy) is 1. The summed E-state index contributed by atoms with van der Waals surface area (Å²) in [5, 5.41) is 0. The lowest BCUT2D eigenvalue weighted by molar-refractivity contribution is -0.159. The van der Waals surface area contributed by atoms with Crippen molar-refractivity contribution in [1.82, 2.24) is 4.90 Å². The second kappa shape index (κ2) is 10.3. The molecule has 1 unspecified atom stereocenters. The molecule has 0 aliphatic heterocycles. The summed E-state index contributed by atoms with van der Waals surface area (Å²) >= 11 is 0. The first-order valence-electron chi connectivity index (χ1n) is 9.70. The number of rotatable bonds is 9. The minimum atomic E-state index is -0.855. The van der Waals surface area contributed by atoms with Crippen molar-refractivity contribution in [3.05, 3.63) is 95.9 Å². The topological polar surface area (TPSA) is 59.8 Å². The maximum Gasteiger partial charge on any atom is 0.307 e. The lowest BCUT2D eigenvalue weighted by Crippen LogP contribution is -2.39. The van der Waals surface area contributed by atoms with Gasteiger partial charge >= 0.3 is 5.97 Å². The van der Waals surface area contributed by atoms with Crippen molar-refractivity contribution in [2.45, 2.75) is 39.0 Å². The van der Waals surface area contributed by atoms with Gasteiger partial charge in [0.2, 0.25) is 0 Å². The van der Waals surface area contributed by atoms with Gasteiger partial charge in [-0.25, -0.2) is 0 Å². The summed E-state index contributed by atoms with van der Waals surface area (Å²) in [6.45, 7) is 2.52. The number of carbonyl (C=O) groups is 2. The summed E-state index contributed by atoms with van der Waals surface area (Å²) in [4.78, 5) is 26.9. The predicted octanol–water partition coefficient (Wildman–Crippen LogP) is 4.37. The zero-order valence-electron chi connectivity index (χ0n) is 16.5. The molecule has 0 aliphatic carbocycles. The summed E-state index contributed by atoms with van der Waals surface area (Å²) < 4.78 is 10.6. The van der Waals surface area contributed by atoms with E-state index in [9.17, 15) is 9.59 Å². The second-order valence-corrected chi connectivity index (χ2v) is 6.88. The Morgan fingerprint density at radius 3 is 2.00 bits per heavy atom. The van der Waals surface area contributed by atoms with Gasteiger partial charge in [-0.15, -0.1) is 0 Å². The normalized spacial score (nSPS) is 11.6. The summed E-state index contributed by atoms with van der Waals surface area (Å²) in [5.74, 6) is 0.0846. The molecule has 1 aromatic heterocycles. The number of aryl methyl sites for hydroxylation is 1. The molecule has 29 heavy (non-hydrogen) atoms. The SMILES string of the molecule is CC(OC(=O)CCc1ccco1)C(=O)N(Cc1ccccc1)Cc1ccccc1. The maximum absolute atomic E-state index is 13.1. The van der Waals surface area contributed by atoms with Crippen LogP contribution in [0.5, 0.6) is 0 Å². The Morgan fingerprint density at radius 1 is 0.897 bits per heavy atom. The highest BCUT2D eigenvalue weighted by Gasteiger charge is 2.24. The smallest absolute Gasteiger partial charge is 0.307 e. The van der Waals surface area contributed by atoms with Crippen LogP contribution in [-0.2, 0) is 33.8 Å².